The lowest BCUT2D eigenvalue weighted by Gasteiger charge is -1.90. The van der Waals surface area contributed by atoms with Gasteiger partial charge < -0.3 is 0 Å². The van der Waals surface area contributed by atoms with Gasteiger partial charge in [-0.2, -0.15) is 0 Å². The molecule has 2 rings (SSSR count). The fraction of sp³-hybridized carbons (Fsp3) is 0. The normalized spacial score (nSPS) is 13.8. The number of hydrogen-bond acceptors (Lipinski definition) is 1. The standard InChI is InChI=1S/C8H5N/c1-2-4-8-7(3-1)5-6-9-8/h1-4,6H. The minimum atomic E-state index is 1.03. The van der Waals surface area contributed by atoms with Gasteiger partial charge in [0.1, 0.15) is 0 Å². The molecule has 1 aliphatic heterocycles. The van der Waals surface area contributed by atoms with E-state index in [1.165, 1.54) is 0 Å². The fourth-order valence-electron chi connectivity index (χ4n) is 0.880. The van der Waals surface area contributed by atoms with E-state index in [9.17, 15) is 0 Å². The number of hydrogen-bond donors (Lipinski definition) is 0. The van der Waals surface area contributed by atoms with Crippen molar-refractivity contribution < 1.29 is 0 Å². The molecule has 1 aliphatic rings. The minimum Gasteiger partial charge on any atom is -0.260 e. The maximum atomic E-state index is 4.06. The second kappa shape index (κ2) is 1.69. The minimum absolute atomic E-state index is 1.03. The van der Waals surface area contributed by atoms with Crippen molar-refractivity contribution in [2.75, 3.05) is 0 Å². The van der Waals surface area contributed by atoms with Crippen LogP contribution in [0.4, 0.5) is 5.69 Å². The lowest BCUT2D eigenvalue weighted by atomic mass is 10.2. The van der Waals surface area contributed by atoms with Crippen LogP contribution in [0.2, 0.25) is 0 Å². The van der Waals surface area contributed by atoms with E-state index in [0.717, 1.165) is 11.3 Å². The average molecular weight is 115 g/mol. The van der Waals surface area contributed by atoms with Gasteiger partial charge in [0.2, 0.25) is 0 Å². The molecule has 9 heavy (non-hydrogen) atoms. The molecule has 0 N–H and O–H groups in total. The molecule has 0 atom stereocenters. The van der Waals surface area contributed by atoms with Gasteiger partial charge in [-0.3, -0.25) is 4.99 Å². The zero-order chi connectivity index (χ0) is 6.10. The zero-order valence-corrected chi connectivity index (χ0v) is 4.83. The first-order valence-electron chi connectivity index (χ1n) is 2.85. The van der Waals surface area contributed by atoms with Gasteiger partial charge >= 0.3 is 0 Å². The average Bonchev–Trinajstić information content (AvgIpc) is 2.33. The van der Waals surface area contributed by atoms with Crippen molar-refractivity contribution in [1.82, 2.24) is 0 Å². The second-order valence-corrected chi connectivity index (χ2v) is 1.92. The number of para-hydroxylation sites is 1. The van der Waals surface area contributed by atoms with Crippen LogP contribution in [0.25, 0.3) is 0 Å². The van der Waals surface area contributed by atoms with Crippen molar-refractivity contribution in [2.45, 2.75) is 0 Å². The van der Waals surface area contributed by atoms with E-state index in [-0.39, 0.29) is 0 Å². The maximum absolute atomic E-state index is 4.06. The molecule has 2 radical (unpaired) electrons. The van der Waals surface area contributed by atoms with E-state index in [2.05, 4.69) is 11.4 Å². The van der Waals surface area contributed by atoms with Crippen molar-refractivity contribution >= 4 is 11.9 Å². The van der Waals surface area contributed by atoms with E-state index >= 15 is 0 Å². The Kier molecular flexibility index (Phi) is 0.890. The monoisotopic (exact) mass is 115 g/mol. The van der Waals surface area contributed by atoms with Gasteiger partial charge in [0, 0.05) is 6.21 Å². The van der Waals surface area contributed by atoms with Crippen molar-refractivity contribution in [2.24, 2.45) is 4.99 Å². The molecular weight excluding hydrogens is 110 g/mol. The number of fused-ring (bicyclic) bond motifs is 1. The second-order valence-electron chi connectivity index (χ2n) is 1.92. The summed E-state index contributed by atoms with van der Waals surface area (Å²) in [6, 6.07) is 7.94. The largest absolute Gasteiger partial charge is 0.260 e. The van der Waals surface area contributed by atoms with E-state index < -0.39 is 0 Å². The topological polar surface area (TPSA) is 12.4 Å². The quantitative estimate of drug-likeness (QED) is 0.489. The molecule has 0 bridgehead atoms. The predicted molar refractivity (Wildman–Crippen MR) is 36.9 cm³/mol. The lowest BCUT2D eigenvalue weighted by Crippen LogP contribution is -1.71. The Balaban J connectivity index is 2.63. The maximum Gasteiger partial charge on any atom is 0.0668 e. The smallest absolute Gasteiger partial charge is 0.0668 e. The molecule has 42 valence electrons. The van der Waals surface area contributed by atoms with Crippen LogP contribution < -0.4 is 0 Å². The Morgan fingerprint density at radius 3 is 3.00 bits per heavy atom. The summed E-state index contributed by atoms with van der Waals surface area (Å²) < 4.78 is 0. The van der Waals surface area contributed by atoms with Crippen molar-refractivity contribution in [3.8, 4) is 0 Å². The third kappa shape index (κ3) is 0.653. The van der Waals surface area contributed by atoms with Gasteiger partial charge in [0.15, 0.2) is 0 Å². The summed E-state index contributed by atoms with van der Waals surface area (Å²) in [6.07, 6.45) is 4.71. The molecule has 0 saturated carbocycles. The van der Waals surface area contributed by atoms with Gasteiger partial charge in [-0.05, 0) is 11.6 Å². The Morgan fingerprint density at radius 1 is 1.22 bits per heavy atom. The van der Waals surface area contributed by atoms with Crippen LogP contribution in [0.3, 0.4) is 0 Å². The lowest BCUT2D eigenvalue weighted by molar-refractivity contribution is 1.53. The third-order valence-corrected chi connectivity index (χ3v) is 1.33. The number of aliphatic imine (C=N–C) groups is 1. The first-order valence-corrected chi connectivity index (χ1v) is 2.85. The molecule has 0 amide bonds. The van der Waals surface area contributed by atoms with Crippen LogP contribution in [0.5, 0.6) is 0 Å². The third-order valence-electron chi connectivity index (χ3n) is 1.33. The van der Waals surface area contributed by atoms with Gasteiger partial charge in [-0.15, -0.1) is 0 Å². The van der Waals surface area contributed by atoms with Crippen molar-refractivity contribution in [3.63, 3.8) is 0 Å². The highest BCUT2D eigenvalue weighted by Gasteiger charge is 2.03. The summed E-state index contributed by atoms with van der Waals surface area (Å²) in [5, 5.41) is 0. The number of benzene rings is 1. The number of rotatable bonds is 0. The first-order chi connectivity index (χ1) is 4.47. The van der Waals surface area contributed by atoms with Gasteiger partial charge in [0.05, 0.1) is 12.1 Å². The Morgan fingerprint density at radius 2 is 2.11 bits per heavy atom. The zero-order valence-electron chi connectivity index (χ0n) is 4.83. The summed E-state index contributed by atoms with van der Waals surface area (Å²) in [4.78, 5) is 4.06. The predicted octanol–water partition coefficient (Wildman–Crippen LogP) is 1.83. The molecule has 1 nitrogen and oxygen atoms in total. The Hall–Kier alpha value is -1.11. The van der Waals surface area contributed by atoms with E-state index in [1.807, 2.05) is 24.3 Å². The Labute approximate surface area is 54.1 Å². The van der Waals surface area contributed by atoms with Crippen molar-refractivity contribution in [1.29, 1.82) is 0 Å². The number of nitrogens with zero attached hydrogens (tertiary/aromatic N) is 1. The van der Waals surface area contributed by atoms with Gasteiger partial charge in [-0.25, -0.2) is 0 Å². The summed E-state index contributed by atoms with van der Waals surface area (Å²) >= 11 is 0. The summed E-state index contributed by atoms with van der Waals surface area (Å²) in [5.41, 5.74) is 2.12. The molecule has 0 unspecified atom stereocenters. The van der Waals surface area contributed by atoms with Gasteiger partial charge in [-0.1, -0.05) is 18.2 Å². The molecule has 1 heteroatoms. The SMILES string of the molecule is [C]1C=Nc2ccccc21. The summed E-state index contributed by atoms with van der Waals surface area (Å²) in [6.45, 7) is 0. The van der Waals surface area contributed by atoms with E-state index in [1.54, 1.807) is 6.21 Å². The molecular formula is C8H5N. The summed E-state index contributed by atoms with van der Waals surface area (Å²) in [5.74, 6) is 0. The highest BCUT2D eigenvalue weighted by Crippen LogP contribution is 2.23. The first kappa shape index (κ1) is 4.74. The Bertz CT molecular complexity index is 250. The highest BCUT2D eigenvalue weighted by molar-refractivity contribution is 5.84. The van der Waals surface area contributed by atoms with E-state index in [0.29, 0.717) is 0 Å². The highest BCUT2D eigenvalue weighted by atomic mass is 14.7. The molecule has 1 aromatic rings. The van der Waals surface area contributed by atoms with Crippen LogP contribution in [-0.4, -0.2) is 6.21 Å². The van der Waals surface area contributed by atoms with Crippen LogP contribution in [-0.2, 0) is 0 Å². The van der Waals surface area contributed by atoms with Crippen LogP contribution in [0, 0.1) is 6.42 Å². The molecule has 1 aromatic carbocycles. The molecule has 0 saturated heterocycles. The van der Waals surface area contributed by atoms with Gasteiger partial charge in [0.25, 0.3) is 0 Å². The summed E-state index contributed by atoms with van der Waals surface area (Å²) in [7, 11) is 0. The van der Waals surface area contributed by atoms with Crippen LogP contribution in [0.15, 0.2) is 29.3 Å². The molecule has 0 fully saturated rings. The van der Waals surface area contributed by atoms with Crippen LogP contribution in [0.1, 0.15) is 5.56 Å². The molecule has 0 spiro atoms. The van der Waals surface area contributed by atoms with Crippen molar-refractivity contribution in [3.05, 3.63) is 36.2 Å². The van der Waals surface area contributed by atoms with E-state index in [4.69, 9.17) is 0 Å². The molecule has 0 aromatic heterocycles. The molecule has 0 aliphatic carbocycles. The van der Waals surface area contributed by atoms with Crippen LogP contribution >= 0.6 is 0 Å². The molecule has 1 heterocycles. The fourth-order valence-corrected chi connectivity index (χ4v) is 0.880.